The van der Waals surface area contributed by atoms with Crippen molar-refractivity contribution in [2.75, 3.05) is 30.4 Å². The van der Waals surface area contributed by atoms with Crippen molar-refractivity contribution in [3.63, 3.8) is 0 Å². The molecule has 2 heterocycles. The number of aromatic nitrogens is 2. The minimum absolute atomic E-state index is 0.610. The van der Waals surface area contributed by atoms with E-state index in [-0.39, 0.29) is 0 Å². The van der Waals surface area contributed by atoms with Gasteiger partial charge in [0, 0.05) is 31.6 Å². The van der Waals surface area contributed by atoms with E-state index < -0.39 is 0 Å². The molecule has 0 unspecified atom stereocenters. The predicted octanol–water partition coefficient (Wildman–Crippen LogP) is 3.08. The monoisotopic (exact) mass is 260 g/mol. The van der Waals surface area contributed by atoms with E-state index in [2.05, 4.69) is 22.1 Å². The molecule has 2 aliphatic rings. The summed E-state index contributed by atoms with van der Waals surface area (Å²) in [4.78, 5) is 12.0. The molecule has 2 fully saturated rings. The van der Waals surface area contributed by atoms with Crippen LogP contribution in [0.1, 0.15) is 55.8 Å². The quantitative estimate of drug-likeness (QED) is 0.906. The molecule has 0 bridgehead atoms. The van der Waals surface area contributed by atoms with Crippen LogP contribution in [0.15, 0.2) is 0 Å². The minimum Gasteiger partial charge on any atom is -0.373 e. The lowest BCUT2D eigenvalue weighted by Gasteiger charge is -2.24. The molecule has 0 spiro atoms. The van der Waals surface area contributed by atoms with Gasteiger partial charge in [-0.15, -0.1) is 0 Å². The summed E-state index contributed by atoms with van der Waals surface area (Å²) in [6, 6.07) is 0. The Bertz CT molecular complexity index is 446. The van der Waals surface area contributed by atoms with Gasteiger partial charge in [-0.25, -0.2) is 9.97 Å². The van der Waals surface area contributed by atoms with E-state index in [0.717, 1.165) is 24.7 Å². The SMILES string of the molecule is CNc1nc(C2CC2)nc(N2CCCCCC2)c1C. The number of hydrogen-bond acceptors (Lipinski definition) is 4. The molecule has 0 aromatic carbocycles. The van der Waals surface area contributed by atoms with Crippen molar-refractivity contribution in [1.82, 2.24) is 9.97 Å². The average molecular weight is 260 g/mol. The first-order valence-corrected chi connectivity index (χ1v) is 7.61. The molecule has 1 saturated carbocycles. The highest BCUT2D eigenvalue weighted by molar-refractivity contribution is 5.58. The molecular formula is C15H24N4. The first-order valence-electron chi connectivity index (χ1n) is 7.61. The summed E-state index contributed by atoms with van der Waals surface area (Å²) in [7, 11) is 1.96. The summed E-state index contributed by atoms with van der Waals surface area (Å²) < 4.78 is 0. The second kappa shape index (κ2) is 5.35. The smallest absolute Gasteiger partial charge is 0.137 e. The Balaban J connectivity index is 1.95. The van der Waals surface area contributed by atoms with Crippen molar-refractivity contribution in [3.05, 3.63) is 11.4 Å². The van der Waals surface area contributed by atoms with Gasteiger partial charge in [0.2, 0.25) is 0 Å². The second-order valence-electron chi connectivity index (χ2n) is 5.80. The van der Waals surface area contributed by atoms with Crippen molar-refractivity contribution >= 4 is 11.6 Å². The summed E-state index contributed by atoms with van der Waals surface area (Å²) in [6.45, 7) is 4.43. The van der Waals surface area contributed by atoms with E-state index in [9.17, 15) is 0 Å². The highest BCUT2D eigenvalue weighted by Gasteiger charge is 2.29. The molecule has 104 valence electrons. The van der Waals surface area contributed by atoms with Crippen LogP contribution >= 0.6 is 0 Å². The first-order chi connectivity index (χ1) is 9.29. The lowest BCUT2D eigenvalue weighted by atomic mass is 10.2. The highest BCUT2D eigenvalue weighted by Crippen LogP contribution is 2.40. The van der Waals surface area contributed by atoms with Crippen LogP contribution in [0.5, 0.6) is 0 Å². The third kappa shape index (κ3) is 2.67. The summed E-state index contributed by atoms with van der Waals surface area (Å²) >= 11 is 0. The third-order valence-electron chi connectivity index (χ3n) is 4.22. The molecule has 1 aromatic heterocycles. The van der Waals surface area contributed by atoms with E-state index in [1.165, 1.54) is 49.9 Å². The minimum atomic E-state index is 0.610. The van der Waals surface area contributed by atoms with E-state index in [1.54, 1.807) is 0 Å². The van der Waals surface area contributed by atoms with Crippen LogP contribution in [0, 0.1) is 6.92 Å². The number of rotatable bonds is 3. The first kappa shape index (κ1) is 12.7. The van der Waals surface area contributed by atoms with Gasteiger partial charge < -0.3 is 10.2 Å². The fraction of sp³-hybridized carbons (Fsp3) is 0.733. The lowest BCUT2D eigenvalue weighted by Crippen LogP contribution is -2.26. The van der Waals surface area contributed by atoms with Gasteiger partial charge in [0.05, 0.1) is 0 Å². The second-order valence-corrected chi connectivity index (χ2v) is 5.80. The van der Waals surface area contributed by atoms with Gasteiger partial charge in [-0.1, -0.05) is 12.8 Å². The fourth-order valence-corrected chi connectivity index (χ4v) is 2.88. The van der Waals surface area contributed by atoms with Crippen molar-refractivity contribution in [3.8, 4) is 0 Å². The van der Waals surface area contributed by atoms with Crippen LogP contribution in [0.4, 0.5) is 11.6 Å². The van der Waals surface area contributed by atoms with Gasteiger partial charge in [0.15, 0.2) is 0 Å². The van der Waals surface area contributed by atoms with E-state index in [1.807, 2.05) is 7.05 Å². The molecular weight excluding hydrogens is 236 g/mol. The van der Waals surface area contributed by atoms with Crippen molar-refractivity contribution < 1.29 is 0 Å². The molecule has 1 aliphatic heterocycles. The summed E-state index contributed by atoms with van der Waals surface area (Å²) in [5.41, 5.74) is 1.20. The van der Waals surface area contributed by atoms with Crippen LogP contribution in [0.2, 0.25) is 0 Å². The standard InChI is InChI=1S/C15H24N4/c1-11-13(16-2)17-14(12-7-8-12)18-15(11)19-9-5-3-4-6-10-19/h12H,3-10H2,1-2H3,(H,16,17,18). The number of nitrogens with zero attached hydrogens (tertiary/aromatic N) is 3. The normalized spacial score (nSPS) is 20.2. The molecule has 4 heteroatoms. The zero-order valence-electron chi connectivity index (χ0n) is 12.1. The fourth-order valence-electron chi connectivity index (χ4n) is 2.88. The molecule has 0 radical (unpaired) electrons. The molecule has 4 nitrogen and oxygen atoms in total. The van der Waals surface area contributed by atoms with E-state index in [0.29, 0.717) is 5.92 Å². The van der Waals surface area contributed by atoms with Crippen LogP contribution in [0.3, 0.4) is 0 Å². The topological polar surface area (TPSA) is 41.1 Å². The Morgan fingerprint density at radius 3 is 2.32 bits per heavy atom. The maximum Gasteiger partial charge on any atom is 0.137 e. The van der Waals surface area contributed by atoms with Gasteiger partial charge in [0.1, 0.15) is 17.5 Å². The Morgan fingerprint density at radius 1 is 1.05 bits per heavy atom. The largest absolute Gasteiger partial charge is 0.373 e. The third-order valence-corrected chi connectivity index (χ3v) is 4.22. The maximum atomic E-state index is 4.88. The Labute approximate surface area is 115 Å². The van der Waals surface area contributed by atoms with E-state index >= 15 is 0 Å². The lowest BCUT2D eigenvalue weighted by molar-refractivity contribution is 0.726. The van der Waals surface area contributed by atoms with Crippen LogP contribution < -0.4 is 10.2 Å². The van der Waals surface area contributed by atoms with Gasteiger partial charge >= 0.3 is 0 Å². The van der Waals surface area contributed by atoms with Crippen molar-refractivity contribution in [2.45, 2.75) is 51.4 Å². The number of anilines is 2. The average Bonchev–Trinajstić information content (AvgIpc) is 3.26. The molecule has 1 N–H and O–H groups in total. The van der Waals surface area contributed by atoms with Crippen molar-refractivity contribution in [2.24, 2.45) is 0 Å². The predicted molar refractivity (Wildman–Crippen MR) is 79.0 cm³/mol. The van der Waals surface area contributed by atoms with Crippen LogP contribution in [-0.4, -0.2) is 30.1 Å². The van der Waals surface area contributed by atoms with Crippen LogP contribution in [-0.2, 0) is 0 Å². The maximum absolute atomic E-state index is 4.88. The van der Waals surface area contributed by atoms with Gasteiger partial charge in [-0.2, -0.15) is 0 Å². The Kier molecular flexibility index (Phi) is 3.58. The zero-order chi connectivity index (χ0) is 13.2. The Hall–Kier alpha value is -1.32. The number of hydrogen-bond donors (Lipinski definition) is 1. The van der Waals surface area contributed by atoms with Crippen molar-refractivity contribution in [1.29, 1.82) is 0 Å². The Morgan fingerprint density at radius 2 is 1.74 bits per heavy atom. The molecule has 1 aromatic rings. The molecule has 3 rings (SSSR count). The molecule has 0 amide bonds. The number of nitrogens with one attached hydrogen (secondary N) is 1. The zero-order valence-corrected chi connectivity index (χ0v) is 12.1. The summed E-state index contributed by atoms with van der Waals surface area (Å²) in [5.74, 6) is 3.84. The van der Waals surface area contributed by atoms with Crippen LogP contribution in [0.25, 0.3) is 0 Å². The molecule has 1 saturated heterocycles. The molecule has 19 heavy (non-hydrogen) atoms. The highest BCUT2D eigenvalue weighted by atomic mass is 15.2. The van der Waals surface area contributed by atoms with Gasteiger partial charge in [-0.05, 0) is 32.6 Å². The summed E-state index contributed by atoms with van der Waals surface area (Å²) in [6.07, 6.45) is 7.80. The van der Waals surface area contributed by atoms with Gasteiger partial charge in [0.25, 0.3) is 0 Å². The van der Waals surface area contributed by atoms with E-state index in [4.69, 9.17) is 4.98 Å². The van der Waals surface area contributed by atoms with Gasteiger partial charge in [-0.3, -0.25) is 0 Å². The molecule has 0 atom stereocenters. The molecule has 1 aliphatic carbocycles. The summed E-state index contributed by atoms with van der Waals surface area (Å²) in [5, 5.41) is 3.24.